The first-order valence-corrected chi connectivity index (χ1v) is 11.5. The molecule has 0 unspecified atom stereocenters. The summed E-state index contributed by atoms with van der Waals surface area (Å²) in [6, 6.07) is 10.8. The van der Waals surface area contributed by atoms with Crippen molar-refractivity contribution < 1.29 is 32.9 Å². The largest absolute Gasteiger partial charge is 0.490 e. The minimum absolute atomic E-state index is 0.185. The first-order valence-electron chi connectivity index (χ1n) is 11.5. The van der Waals surface area contributed by atoms with Gasteiger partial charge >= 0.3 is 5.97 Å². The fraction of sp³-hybridized carbons (Fsp3) is 0.333. The number of ketones is 1. The molecule has 8 heteroatoms. The van der Waals surface area contributed by atoms with E-state index in [9.17, 15) is 14.0 Å². The van der Waals surface area contributed by atoms with Gasteiger partial charge in [0, 0.05) is 22.6 Å². The fourth-order valence-electron chi connectivity index (χ4n) is 3.83. The number of halogens is 1. The number of carbonyl (C=O) groups excluding carboxylic acids is 2. The highest BCUT2D eigenvalue weighted by molar-refractivity contribution is 6.00. The van der Waals surface area contributed by atoms with Crippen molar-refractivity contribution in [3.63, 3.8) is 0 Å². The highest BCUT2D eigenvalue weighted by Gasteiger charge is 2.22. The van der Waals surface area contributed by atoms with Gasteiger partial charge in [0.1, 0.15) is 5.82 Å². The number of Topliss-reactive ketones (excluding diaryl/α,β-unsaturated/α-hetero) is 1. The van der Waals surface area contributed by atoms with Crippen LogP contribution in [0.1, 0.15) is 52.9 Å². The number of ether oxygens (including phenoxy) is 4. The molecule has 2 aromatic carbocycles. The van der Waals surface area contributed by atoms with E-state index in [2.05, 4.69) is 0 Å². The SMILES string of the molecule is CCOc1cc(C(=O)OCC(=O)c2cc(C)n(-c3ccc(F)cc3)c2C)cc(OCC)c1OCC. The fourth-order valence-corrected chi connectivity index (χ4v) is 3.83. The molecule has 0 saturated heterocycles. The molecule has 3 aromatic rings. The van der Waals surface area contributed by atoms with E-state index in [1.165, 1.54) is 24.3 Å². The Morgan fingerprint density at radius 3 is 1.97 bits per heavy atom. The van der Waals surface area contributed by atoms with Gasteiger partial charge in [-0.2, -0.15) is 0 Å². The van der Waals surface area contributed by atoms with E-state index in [0.29, 0.717) is 48.3 Å². The third-order valence-corrected chi connectivity index (χ3v) is 5.30. The van der Waals surface area contributed by atoms with Crippen LogP contribution >= 0.6 is 0 Å². The number of rotatable bonds is 11. The van der Waals surface area contributed by atoms with Crippen molar-refractivity contribution in [3.05, 3.63) is 70.8 Å². The van der Waals surface area contributed by atoms with Gasteiger partial charge in [0.25, 0.3) is 0 Å². The Hall–Kier alpha value is -3.81. The van der Waals surface area contributed by atoms with Crippen LogP contribution in [-0.4, -0.2) is 42.7 Å². The molecule has 0 N–H and O–H groups in total. The van der Waals surface area contributed by atoms with Gasteiger partial charge in [0.05, 0.1) is 25.4 Å². The molecule has 0 radical (unpaired) electrons. The normalized spacial score (nSPS) is 10.7. The molecule has 7 nitrogen and oxygen atoms in total. The van der Waals surface area contributed by atoms with Crippen LogP contribution < -0.4 is 14.2 Å². The number of esters is 1. The zero-order chi connectivity index (χ0) is 25.5. The predicted molar refractivity (Wildman–Crippen MR) is 130 cm³/mol. The Balaban J connectivity index is 1.80. The lowest BCUT2D eigenvalue weighted by Crippen LogP contribution is -2.15. The van der Waals surface area contributed by atoms with Crippen molar-refractivity contribution in [1.82, 2.24) is 4.57 Å². The van der Waals surface area contributed by atoms with Gasteiger partial charge in [-0.1, -0.05) is 0 Å². The Kier molecular flexibility index (Phi) is 8.52. The summed E-state index contributed by atoms with van der Waals surface area (Å²) in [6.07, 6.45) is 0. The van der Waals surface area contributed by atoms with Crippen molar-refractivity contribution >= 4 is 11.8 Å². The number of aryl methyl sites for hydroxylation is 1. The van der Waals surface area contributed by atoms with Crippen LogP contribution in [0.3, 0.4) is 0 Å². The second-order valence-corrected chi connectivity index (χ2v) is 7.70. The number of benzene rings is 2. The van der Waals surface area contributed by atoms with E-state index in [0.717, 1.165) is 11.4 Å². The first kappa shape index (κ1) is 25.8. The molecule has 1 heterocycles. The number of carbonyl (C=O) groups is 2. The molecule has 0 aliphatic carbocycles. The highest BCUT2D eigenvalue weighted by Crippen LogP contribution is 2.39. The van der Waals surface area contributed by atoms with Crippen molar-refractivity contribution in [3.8, 4) is 22.9 Å². The molecule has 3 rings (SSSR count). The Morgan fingerprint density at radius 1 is 0.857 bits per heavy atom. The molecule has 0 bridgehead atoms. The molecule has 0 amide bonds. The number of aromatic nitrogens is 1. The smallest absolute Gasteiger partial charge is 0.338 e. The topological polar surface area (TPSA) is 76.0 Å². The van der Waals surface area contributed by atoms with Crippen LogP contribution in [0.4, 0.5) is 4.39 Å². The molecule has 186 valence electrons. The summed E-state index contributed by atoms with van der Waals surface area (Å²) >= 11 is 0. The van der Waals surface area contributed by atoms with E-state index in [4.69, 9.17) is 18.9 Å². The maximum Gasteiger partial charge on any atom is 0.338 e. The van der Waals surface area contributed by atoms with Crippen molar-refractivity contribution in [2.45, 2.75) is 34.6 Å². The Labute approximate surface area is 204 Å². The molecular weight excluding hydrogens is 453 g/mol. The van der Waals surface area contributed by atoms with Crippen molar-refractivity contribution in [2.24, 2.45) is 0 Å². The molecule has 1 aromatic heterocycles. The summed E-state index contributed by atoms with van der Waals surface area (Å²) < 4.78 is 37.4. The third-order valence-electron chi connectivity index (χ3n) is 5.30. The monoisotopic (exact) mass is 483 g/mol. The molecule has 35 heavy (non-hydrogen) atoms. The standard InChI is InChI=1S/C27H30FNO6/c1-6-32-24-14-19(15-25(33-7-2)26(24)34-8-3)27(31)35-16-23(30)22-13-17(4)29(18(22)5)21-11-9-20(28)10-12-21/h9-15H,6-8,16H2,1-5H3. The van der Waals surface area contributed by atoms with Gasteiger partial charge in [-0.3, -0.25) is 4.79 Å². The van der Waals surface area contributed by atoms with E-state index in [1.807, 2.05) is 32.3 Å². The summed E-state index contributed by atoms with van der Waals surface area (Å²) in [7, 11) is 0. The molecule has 0 atom stereocenters. The van der Waals surface area contributed by atoms with Crippen LogP contribution in [0.5, 0.6) is 17.2 Å². The molecule has 0 fully saturated rings. The summed E-state index contributed by atoms with van der Waals surface area (Å²) in [5.74, 6) is -0.231. The highest BCUT2D eigenvalue weighted by atomic mass is 19.1. The number of nitrogens with zero attached hydrogens (tertiary/aromatic N) is 1. The van der Waals surface area contributed by atoms with Gasteiger partial charge in [-0.25, -0.2) is 9.18 Å². The van der Waals surface area contributed by atoms with Gasteiger partial charge in [-0.15, -0.1) is 0 Å². The van der Waals surface area contributed by atoms with Gasteiger partial charge < -0.3 is 23.5 Å². The molecule has 0 saturated carbocycles. The summed E-state index contributed by atoms with van der Waals surface area (Å²) in [6.45, 7) is 9.82. The zero-order valence-corrected chi connectivity index (χ0v) is 20.6. The summed E-state index contributed by atoms with van der Waals surface area (Å²) in [4.78, 5) is 25.7. The maximum absolute atomic E-state index is 13.3. The van der Waals surface area contributed by atoms with E-state index < -0.39 is 12.6 Å². The van der Waals surface area contributed by atoms with Crippen LogP contribution in [0, 0.1) is 19.7 Å². The minimum Gasteiger partial charge on any atom is -0.490 e. The van der Waals surface area contributed by atoms with E-state index in [1.54, 1.807) is 25.1 Å². The van der Waals surface area contributed by atoms with Crippen LogP contribution in [-0.2, 0) is 4.74 Å². The summed E-state index contributed by atoms with van der Waals surface area (Å²) in [5.41, 5.74) is 2.83. The number of hydrogen-bond acceptors (Lipinski definition) is 6. The lowest BCUT2D eigenvalue weighted by molar-refractivity contribution is 0.0473. The second-order valence-electron chi connectivity index (χ2n) is 7.70. The quantitative estimate of drug-likeness (QED) is 0.266. The maximum atomic E-state index is 13.3. The third kappa shape index (κ3) is 5.82. The number of hydrogen-bond donors (Lipinski definition) is 0. The average molecular weight is 484 g/mol. The van der Waals surface area contributed by atoms with Crippen LogP contribution in [0.15, 0.2) is 42.5 Å². The van der Waals surface area contributed by atoms with Gasteiger partial charge in [0.2, 0.25) is 11.5 Å². The first-order chi connectivity index (χ1) is 16.8. The Morgan fingerprint density at radius 2 is 1.43 bits per heavy atom. The Bertz CT molecular complexity index is 1170. The summed E-state index contributed by atoms with van der Waals surface area (Å²) in [5, 5.41) is 0. The van der Waals surface area contributed by atoms with Crippen LogP contribution in [0.25, 0.3) is 5.69 Å². The lowest BCUT2D eigenvalue weighted by Gasteiger charge is -2.16. The second kappa shape index (κ2) is 11.6. The van der Waals surface area contributed by atoms with Gasteiger partial charge in [0.15, 0.2) is 18.1 Å². The minimum atomic E-state index is -0.685. The van der Waals surface area contributed by atoms with Crippen molar-refractivity contribution in [2.75, 3.05) is 26.4 Å². The zero-order valence-electron chi connectivity index (χ0n) is 20.6. The lowest BCUT2D eigenvalue weighted by atomic mass is 10.1. The van der Waals surface area contributed by atoms with E-state index >= 15 is 0 Å². The van der Waals surface area contributed by atoms with Crippen LogP contribution in [0.2, 0.25) is 0 Å². The van der Waals surface area contributed by atoms with Gasteiger partial charge in [-0.05, 0) is 77.1 Å². The predicted octanol–water partition coefficient (Wildman–Crippen LogP) is 5.47. The average Bonchev–Trinajstić information content (AvgIpc) is 3.14. The van der Waals surface area contributed by atoms with E-state index in [-0.39, 0.29) is 17.2 Å². The van der Waals surface area contributed by atoms with Crippen molar-refractivity contribution in [1.29, 1.82) is 0 Å². The molecule has 0 spiro atoms. The molecule has 0 aliphatic heterocycles. The molecule has 0 aliphatic rings. The molecular formula is C27H30FNO6.